The van der Waals surface area contributed by atoms with E-state index >= 15 is 0 Å². The molecule has 0 radical (unpaired) electrons. The quantitative estimate of drug-likeness (QED) is 0.592. The maximum absolute atomic E-state index is 14.9. The molecule has 7 atom stereocenters. The number of piperidine rings is 1. The zero-order valence-electron chi connectivity index (χ0n) is 19.7. The van der Waals surface area contributed by atoms with Crippen LogP contribution in [-0.4, -0.2) is 50.3 Å². The van der Waals surface area contributed by atoms with Crippen LogP contribution in [0.15, 0.2) is 54.9 Å². The molecule has 3 fully saturated rings. The fourth-order valence-corrected chi connectivity index (χ4v) is 6.89. The molecule has 9 heteroatoms. The molecule has 1 saturated heterocycles. The maximum atomic E-state index is 14.9. The molecule has 3 aromatic rings. The molecular weight excluding hydrogens is 461 g/mol. The van der Waals surface area contributed by atoms with Gasteiger partial charge in [-0.05, 0) is 55.9 Å². The summed E-state index contributed by atoms with van der Waals surface area (Å²) >= 11 is 0. The van der Waals surface area contributed by atoms with Crippen molar-refractivity contribution in [2.45, 2.75) is 55.9 Å². The van der Waals surface area contributed by atoms with Gasteiger partial charge in [-0.1, -0.05) is 24.3 Å². The molecule has 36 heavy (non-hydrogen) atoms. The predicted octanol–water partition coefficient (Wildman–Crippen LogP) is 2.75. The van der Waals surface area contributed by atoms with E-state index in [2.05, 4.69) is 15.6 Å². The van der Waals surface area contributed by atoms with Crippen LogP contribution in [-0.2, 0) is 19.8 Å². The van der Waals surface area contributed by atoms with Crippen molar-refractivity contribution in [2.24, 2.45) is 11.8 Å². The Kier molecular flexibility index (Phi) is 4.41. The van der Waals surface area contributed by atoms with Gasteiger partial charge in [0.2, 0.25) is 17.7 Å². The van der Waals surface area contributed by atoms with Crippen LogP contribution in [0.2, 0.25) is 0 Å². The fourth-order valence-electron chi connectivity index (χ4n) is 6.89. The molecule has 8 nitrogen and oxygen atoms in total. The lowest BCUT2D eigenvalue weighted by Gasteiger charge is -2.37. The van der Waals surface area contributed by atoms with Crippen LogP contribution in [0.5, 0.6) is 0 Å². The highest BCUT2D eigenvalue weighted by molar-refractivity contribution is 6.13. The largest absolute Gasteiger partial charge is 0.346 e. The summed E-state index contributed by atoms with van der Waals surface area (Å²) in [4.78, 5) is 46.2. The minimum absolute atomic E-state index is 0.189. The molecule has 2 aliphatic carbocycles. The number of fused-ring (bicyclic) bond motifs is 5. The number of rotatable bonds is 4. The minimum atomic E-state index is -1.15. The van der Waals surface area contributed by atoms with E-state index in [1.54, 1.807) is 6.20 Å². The monoisotopic (exact) mass is 487 g/mol. The van der Waals surface area contributed by atoms with Crippen LogP contribution >= 0.6 is 0 Å². The number of nitrogens with zero attached hydrogens (tertiary/aromatic N) is 3. The van der Waals surface area contributed by atoms with Crippen molar-refractivity contribution in [3.8, 4) is 0 Å². The van der Waals surface area contributed by atoms with Crippen molar-refractivity contribution in [3.05, 3.63) is 66.1 Å². The average molecular weight is 488 g/mol. The van der Waals surface area contributed by atoms with Crippen LogP contribution < -0.4 is 10.6 Å². The zero-order valence-corrected chi connectivity index (χ0v) is 19.7. The van der Waals surface area contributed by atoms with Crippen molar-refractivity contribution in [1.29, 1.82) is 0 Å². The number of nitrogens with one attached hydrogen (secondary N) is 2. The number of likely N-dealkylation sites (tertiary alicyclic amines) is 1. The molecule has 2 bridgehead atoms. The van der Waals surface area contributed by atoms with Crippen molar-refractivity contribution < 1.29 is 18.8 Å². The van der Waals surface area contributed by atoms with E-state index in [1.807, 2.05) is 60.0 Å². The standard InChI is InChI=1S/C27H26FN5O3/c1-14(21-13-29-22-8-4-5-9-32(21)22)30-24(34)23-15-10-18(28)20(11-15)33(23)25(35)17-12-27(17)16-6-2-3-7-19(16)31-26(27)36/h2-9,13-15,17-18,20,23H,10-12H2,1H3,(H,30,34)(H,31,36)/t14-,15?,17-,18+,20?,23+,27+/m1/s1. The molecule has 2 unspecified atom stereocenters. The second-order valence-electron chi connectivity index (χ2n) is 10.6. The van der Waals surface area contributed by atoms with Crippen LogP contribution in [0.25, 0.3) is 5.65 Å². The van der Waals surface area contributed by atoms with Gasteiger partial charge in [-0.25, -0.2) is 9.37 Å². The Hall–Kier alpha value is -3.75. The summed E-state index contributed by atoms with van der Waals surface area (Å²) in [6.07, 6.45) is 3.59. The van der Waals surface area contributed by atoms with E-state index in [9.17, 15) is 18.8 Å². The lowest BCUT2D eigenvalue weighted by atomic mass is 9.92. The number of carbonyl (C=O) groups excluding carboxylic acids is 3. The number of hydrogen-bond acceptors (Lipinski definition) is 4. The Bertz CT molecular complexity index is 1440. The van der Waals surface area contributed by atoms with E-state index in [1.165, 1.54) is 4.90 Å². The number of imidazole rings is 1. The molecule has 3 amide bonds. The molecule has 2 aromatic heterocycles. The second kappa shape index (κ2) is 7.38. The first-order valence-electron chi connectivity index (χ1n) is 12.5. The summed E-state index contributed by atoms with van der Waals surface area (Å²) < 4.78 is 16.8. The van der Waals surface area contributed by atoms with Gasteiger partial charge in [0, 0.05) is 11.9 Å². The highest BCUT2D eigenvalue weighted by Gasteiger charge is 2.70. The molecule has 4 aliphatic rings. The Morgan fingerprint density at radius 1 is 1.19 bits per heavy atom. The lowest BCUT2D eigenvalue weighted by molar-refractivity contribution is -0.146. The molecule has 4 heterocycles. The number of carbonyl (C=O) groups is 3. The second-order valence-corrected chi connectivity index (χ2v) is 10.6. The maximum Gasteiger partial charge on any atom is 0.243 e. The lowest BCUT2D eigenvalue weighted by Crippen LogP contribution is -2.56. The SMILES string of the molecule is C[C@@H](NC(=O)[C@@H]1C2CC([C@@H](F)C2)N1C(=O)[C@H]1C[C@@]12C(=O)Nc1ccccc12)c1cnc2ccccn12. The normalized spacial score (nSPS) is 32.6. The third kappa shape index (κ3) is 2.79. The van der Waals surface area contributed by atoms with E-state index < -0.39 is 29.6 Å². The number of benzene rings is 1. The van der Waals surface area contributed by atoms with Gasteiger partial charge in [-0.3, -0.25) is 14.4 Å². The van der Waals surface area contributed by atoms with Crippen molar-refractivity contribution in [2.75, 3.05) is 5.32 Å². The number of pyridine rings is 1. The fraction of sp³-hybridized carbons (Fsp3) is 0.407. The van der Waals surface area contributed by atoms with E-state index in [0.29, 0.717) is 12.8 Å². The van der Waals surface area contributed by atoms with Gasteiger partial charge in [-0.2, -0.15) is 0 Å². The highest BCUT2D eigenvalue weighted by atomic mass is 19.1. The molecule has 184 valence electrons. The van der Waals surface area contributed by atoms with Crippen LogP contribution in [0, 0.1) is 11.8 Å². The number of aromatic nitrogens is 2. The minimum Gasteiger partial charge on any atom is -0.346 e. The number of hydrogen-bond donors (Lipinski definition) is 2. The Balaban J connectivity index is 1.16. The van der Waals surface area contributed by atoms with Crippen LogP contribution in [0.4, 0.5) is 10.1 Å². The number of para-hydroxylation sites is 1. The summed E-state index contributed by atoms with van der Waals surface area (Å²) in [5.74, 6) is -1.58. The van der Waals surface area contributed by atoms with Crippen LogP contribution in [0.3, 0.4) is 0 Å². The molecule has 2 aliphatic heterocycles. The van der Waals surface area contributed by atoms with Crippen molar-refractivity contribution in [1.82, 2.24) is 19.6 Å². The first-order chi connectivity index (χ1) is 17.4. The number of alkyl halides is 1. The van der Waals surface area contributed by atoms with E-state index in [0.717, 1.165) is 22.6 Å². The molecular formula is C27H26FN5O3. The summed E-state index contributed by atoms with van der Waals surface area (Å²) in [6.45, 7) is 1.88. The van der Waals surface area contributed by atoms with Gasteiger partial charge in [0.1, 0.15) is 17.9 Å². The topological polar surface area (TPSA) is 95.8 Å². The van der Waals surface area contributed by atoms with Gasteiger partial charge in [-0.15, -0.1) is 0 Å². The number of amides is 3. The Morgan fingerprint density at radius 2 is 2.00 bits per heavy atom. The third-order valence-electron chi connectivity index (χ3n) is 8.68. The smallest absolute Gasteiger partial charge is 0.243 e. The third-order valence-corrected chi connectivity index (χ3v) is 8.68. The highest BCUT2D eigenvalue weighted by Crippen LogP contribution is 2.61. The van der Waals surface area contributed by atoms with Crippen molar-refractivity contribution in [3.63, 3.8) is 0 Å². The number of anilines is 1. The zero-order chi connectivity index (χ0) is 24.8. The summed E-state index contributed by atoms with van der Waals surface area (Å²) in [5, 5.41) is 5.94. The molecule has 1 aromatic carbocycles. The van der Waals surface area contributed by atoms with Gasteiger partial charge >= 0.3 is 0 Å². The molecule has 2 N–H and O–H groups in total. The van der Waals surface area contributed by atoms with Gasteiger partial charge in [0.15, 0.2) is 0 Å². The van der Waals surface area contributed by atoms with Gasteiger partial charge in [0.05, 0.1) is 35.3 Å². The first kappa shape index (κ1) is 21.5. The van der Waals surface area contributed by atoms with Gasteiger partial charge < -0.3 is 19.9 Å². The van der Waals surface area contributed by atoms with Gasteiger partial charge in [0.25, 0.3) is 0 Å². The van der Waals surface area contributed by atoms with Crippen molar-refractivity contribution >= 4 is 29.1 Å². The molecule has 7 rings (SSSR count). The summed E-state index contributed by atoms with van der Waals surface area (Å²) in [6, 6.07) is 11.4. The Morgan fingerprint density at radius 3 is 2.86 bits per heavy atom. The molecule has 2 saturated carbocycles. The first-order valence-corrected chi connectivity index (χ1v) is 12.5. The van der Waals surface area contributed by atoms with E-state index in [4.69, 9.17) is 0 Å². The summed E-state index contributed by atoms with van der Waals surface area (Å²) in [5.41, 5.74) is 2.23. The Labute approximate surface area is 206 Å². The van der Waals surface area contributed by atoms with Crippen LogP contribution in [0.1, 0.15) is 43.5 Å². The summed E-state index contributed by atoms with van der Waals surface area (Å²) in [7, 11) is 0. The van der Waals surface area contributed by atoms with E-state index in [-0.39, 0.29) is 36.1 Å². The predicted molar refractivity (Wildman–Crippen MR) is 129 cm³/mol. The molecule has 1 spiro atoms. The average Bonchev–Trinajstić information content (AvgIpc) is 3.14. The number of halogens is 1.